The molecule has 0 atom stereocenters. The number of pyridine rings is 1. The number of nitrogens with zero attached hydrogens (tertiary/aromatic N) is 3. The highest BCUT2D eigenvalue weighted by molar-refractivity contribution is 9.10. The van der Waals surface area contributed by atoms with Crippen LogP contribution in [0.1, 0.15) is 21.7 Å². The van der Waals surface area contributed by atoms with Crippen molar-refractivity contribution < 1.29 is 9.53 Å². The summed E-state index contributed by atoms with van der Waals surface area (Å²) in [5.41, 5.74) is 2.23. The Kier molecular flexibility index (Phi) is 4.69. The average Bonchev–Trinajstić information content (AvgIpc) is 2.88. The summed E-state index contributed by atoms with van der Waals surface area (Å²) >= 11 is 9.18. The van der Waals surface area contributed by atoms with Crippen molar-refractivity contribution in [2.75, 3.05) is 0 Å². The molecule has 0 bridgehead atoms. The van der Waals surface area contributed by atoms with Crippen molar-refractivity contribution in [3.05, 3.63) is 69.0 Å². The molecule has 0 spiro atoms. The molecule has 0 aliphatic rings. The molecular weight excluding hydrogens is 394 g/mol. The Morgan fingerprint density at radius 2 is 2.00 bits per heavy atom. The van der Waals surface area contributed by atoms with E-state index in [4.69, 9.17) is 16.3 Å². The minimum Gasteiger partial charge on any atom is -0.422 e. The fourth-order valence-electron chi connectivity index (χ4n) is 2.21. The number of ether oxygens (including phenoxy) is 1. The molecule has 0 N–H and O–H groups in total. The zero-order valence-electron chi connectivity index (χ0n) is 13.0. The number of benzene rings is 1. The Labute approximate surface area is 152 Å². The van der Waals surface area contributed by atoms with Gasteiger partial charge in [-0.25, -0.2) is 14.5 Å². The van der Waals surface area contributed by atoms with Gasteiger partial charge in [0, 0.05) is 16.9 Å². The average molecular weight is 407 g/mol. The number of aromatic nitrogens is 3. The zero-order valence-corrected chi connectivity index (χ0v) is 15.3. The lowest BCUT2D eigenvalue weighted by molar-refractivity contribution is 0.0733. The van der Waals surface area contributed by atoms with Gasteiger partial charge in [0.05, 0.1) is 15.7 Å². The lowest BCUT2D eigenvalue weighted by Gasteiger charge is -2.07. The van der Waals surface area contributed by atoms with Gasteiger partial charge in [-0.3, -0.25) is 0 Å². The van der Waals surface area contributed by atoms with Crippen molar-refractivity contribution >= 4 is 33.5 Å². The van der Waals surface area contributed by atoms with Gasteiger partial charge in [0.1, 0.15) is 5.75 Å². The van der Waals surface area contributed by atoms with Gasteiger partial charge in [0.15, 0.2) is 5.82 Å². The van der Waals surface area contributed by atoms with Crippen LogP contribution in [-0.2, 0) is 0 Å². The van der Waals surface area contributed by atoms with Crippen molar-refractivity contribution in [2.24, 2.45) is 0 Å². The van der Waals surface area contributed by atoms with Crippen LogP contribution in [0.15, 0.2) is 47.1 Å². The number of hydrogen-bond donors (Lipinski definition) is 0. The molecule has 24 heavy (non-hydrogen) atoms. The third-order valence-corrected chi connectivity index (χ3v) is 4.16. The SMILES string of the molecule is Cc1cc(C)n(-c2ccc(C(=O)Oc3ccc(Cl)cc3Br)cn2)n1. The first-order valence-electron chi connectivity index (χ1n) is 7.11. The zero-order chi connectivity index (χ0) is 17.3. The summed E-state index contributed by atoms with van der Waals surface area (Å²) in [7, 11) is 0. The third kappa shape index (κ3) is 3.49. The van der Waals surface area contributed by atoms with Crippen LogP contribution in [-0.4, -0.2) is 20.7 Å². The van der Waals surface area contributed by atoms with Crippen LogP contribution in [0.3, 0.4) is 0 Å². The topological polar surface area (TPSA) is 57.0 Å². The van der Waals surface area contributed by atoms with Crippen molar-refractivity contribution in [3.8, 4) is 11.6 Å². The van der Waals surface area contributed by atoms with E-state index in [9.17, 15) is 4.79 Å². The van der Waals surface area contributed by atoms with Gasteiger partial charge in [-0.15, -0.1) is 0 Å². The van der Waals surface area contributed by atoms with E-state index in [0.29, 0.717) is 26.6 Å². The largest absolute Gasteiger partial charge is 0.422 e. The summed E-state index contributed by atoms with van der Waals surface area (Å²) in [6.45, 7) is 3.86. The first-order valence-corrected chi connectivity index (χ1v) is 8.28. The Hall–Kier alpha value is -2.18. The van der Waals surface area contributed by atoms with Crippen molar-refractivity contribution in [2.45, 2.75) is 13.8 Å². The van der Waals surface area contributed by atoms with Gasteiger partial charge in [0.2, 0.25) is 0 Å². The highest BCUT2D eigenvalue weighted by Gasteiger charge is 2.13. The molecule has 7 heteroatoms. The molecule has 0 fully saturated rings. The maximum absolute atomic E-state index is 12.2. The van der Waals surface area contributed by atoms with Crippen LogP contribution in [0.25, 0.3) is 5.82 Å². The summed E-state index contributed by atoms with van der Waals surface area (Å²) in [6, 6.07) is 10.3. The van der Waals surface area contributed by atoms with E-state index in [-0.39, 0.29) is 0 Å². The predicted octanol–water partition coefficient (Wildman–Crippen LogP) is 4.52. The molecule has 3 aromatic rings. The summed E-state index contributed by atoms with van der Waals surface area (Å²) < 4.78 is 7.68. The minimum absolute atomic E-state index is 0.349. The Morgan fingerprint density at radius 3 is 2.58 bits per heavy atom. The summed E-state index contributed by atoms with van der Waals surface area (Å²) in [6.07, 6.45) is 1.47. The Morgan fingerprint density at radius 1 is 1.21 bits per heavy atom. The van der Waals surface area contributed by atoms with E-state index in [0.717, 1.165) is 11.4 Å². The van der Waals surface area contributed by atoms with Crippen LogP contribution in [0, 0.1) is 13.8 Å². The monoisotopic (exact) mass is 405 g/mol. The normalized spacial score (nSPS) is 10.7. The second-order valence-corrected chi connectivity index (χ2v) is 6.50. The molecule has 5 nitrogen and oxygen atoms in total. The third-order valence-electron chi connectivity index (χ3n) is 3.31. The van der Waals surface area contributed by atoms with Gasteiger partial charge in [-0.1, -0.05) is 11.6 Å². The summed E-state index contributed by atoms with van der Waals surface area (Å²) in [4.78, 5) is 16.5. The van der Waals surface area contributed by atoms with Crippen molar-refractivity contribution in [1.29, 1.82) is 0 Å². The highest BCUT2D eigenvalue weighted by atomic mass is 79.9. The van der Waals surface area contributed by atoms with Crippen LogP contribution in [0.4, 0.5) is 0 Å². The number of hydrogen-bond acceptors (Lipinski definition) is 4. The molecule has 122 valence electrons. The second-order valence-electron chi connectivity index (χ2n) is 5.21. The van der Waals surface area contributed by atoms with Gasteiger partial charge in [-0.05, 0) is 66.2 Å². The van der Waals surface area contributed by atoms with E-state index in [1.54, 1.807) is 35.0 Å². The number of esters is 1. The van der Waals surface area contributed by atoms with E-state index in [2.05, 4.69) is 26.0 Å². The molecule has 0 unspecified atom stereocenters. The molecule has 0 aliphatic heterocycles. The number of halogens is 2. The fourth-order valence-corrected chi connectivity index (χ4v) is 2.97. The molecule has 0 radical (unpaired) electrons. The van der Waals surface area contributed by atoms with Crippen molar-refractivity contribution in [1.82, 2.24) is 14.8 Å². The molecule has 0 aliphatic carbocycles. The minimum atomic E-state index is -0.495. The van der Waals surface area contributed by atoms with Gasteiger partial charge >= 0.3 is 5.97 Å². The molecule has 0 saturated heterocycles. The number of aryl methyl sites for hydroxylation is 2. The maximum atomic E-state index is 12.2. The Bertz CT molecular complexity index is 907. The first kappa shape index (κ1) is 16.7. The van der Waals surface area contributed by atoms with Crippen molar-refractivity contribution in [3.63, 3.8) is 0 Å². The predicted molar refractivity (Wildman–Crippen MR) is 94.9 cm³/mol. The summed E-state index contributed by atoms with van der Waals surface area (Å²) in [5, 5.41) is 4.92. The van der Waals surface area contributed by atoms with Crippen LogP contribution < -0.4 is 4.74 Å². The smallest absolute Gasteiger partial charge is 0.345 e. The highest BCUT2D eigenvalue weighted by Crippen LogP contribution is 2.28. The van der Waals surface area contributed by atoms with Gasteiger partial charge < -0.3 is 4.74 Å². The van der Waals surface area contributed by atoms with Crippen LogP contribution >= 0.6 is 27.5 Å². The molecule has 1 aromatic carbocycles. The van der Waals surface area contributed by atoms with E-state index in [1.165, 1.54) is 6.20 Å². The maximum Gasteiger partial charge on any atom is 0.345 e. The fraction of sp³-hybridized carbons (Fsp3) is 0.118. The van der Waals surface area contributed by atoms with Gasteiger partial charge in [-0.2, -0.15) is 5.10 Å². The first-order chi connectivity index (χ1) is 11.4. The van der Waals surface area contributed by atoms with Gasteiger partial charge in [0.25, 0.3) is 0 Å². The van der Waals surface area contributed by atoms with Crippen LogP contribution in [0.2, 0.25) is 5.02 Å². The van der Waals surface area contributed by atoms with Crippen LogP contribution in [0.5, 0.6) is 5.75 Å². The number of carbonyl (C=O) groups is 1. The standard InChI is InChI=1S/C17H13BrClN3O2/c1-10-7-11(2)22(21-10)16-6-3-12(9-20-16)17(23)24-15-5-4-13(19)8-14(15)18/h3-9H,1-2H3. The lowest BCUT2D eigenvalue weighted by atomic mass is 10.3. The molecule has 0 amide bonds. The molecule has 0 saturated carbocycles. The molecule has 3 rings (SSSR count). The lowest BCUT2D eigenvalue weighted by Crippen LogP contribution is -2.10. The Balaban J connectivity index is 1.80. The molecule has 2 aromatic heterocycles. The number of carbonyl (C=O) groups excluding carboxylic acids is 1. The number of rotatable bonds is 3. The molecular formula is C17H13BrClN3O2. The van der Waals surface area contributed by atoms with E-state index < -0.39 is 5.97 Å². The van der Waals surface area contributed by atoms with E-state index in [1.807, 2.05) is 19.9 Å². The van der Waals surface area contributed by atoms with E-state index >= 15 is 0 Å². The quantitative estimate of drug-likeness (QED) is 0.474. The molecule has 2 heterocycles. The summed E-state index contributed by atoms with van der Waals surface area (Å²) in [5.74, 6) is 0.544. The second kappa shape index (κ2) is 6.75.